The minimum absolute atomic E-state index is 0.0541. The van der Waals surface area contributed by atoms with Gasteiger partial charge >= 0.3 is 0 Å². The molecule has 1 aromatic rings. The molecule has 1 atom stereocenters. The van der Waals surface area contributed by atoms with Crippen LogP contribution >= 0.6 is 31.3 Å². The zero-order chi connectivity index (χ0) is 13.0. The normalized spacial score (nSPS) is 17.8. The van der Waals surface area contributed by atoms with Gasteiger partial charge in [-0.1, -0.05) is 38.2 Å². The highest BCUT2D eigenvalue weighted by Crippen LogP contribution is 2.62. The maximum absolute atomic E-state index is 11.7. The van der Waals surface area contributed by atoms with E-state index in [1.54, 1.807) is 11.8 Å². The topological polar surface area (TPSA) is 17.1 Å². The standard InChI is InChI=1S/C14H16ClOPS/c1-11-8-17(11)7-6-14(16)10-18-9-12-2-4-13(15)5-3-12/h2-5H,1,6-10H2. The van der Waals surface area contributed by atoms with E-state index in [1.807, 2.05) is 24.3 Å². The first-order valence-electron chi connectivity index (χ1n) is 5.92. The van der Waals surface area contributed by atoms with Crippen LogP contribution in [0.5, 0.6) is 0 Å². The molecule has 2 rings (SSSR count). The predicted octanol–water partition coefficient (Wildman–Crippen LogP) is 4.54. The van der Waals surface area contributed by atoms with Gasteiger partial charge in [-0.25, -0.2) is 0 Å². The van der Waals surface area contributed by atoms with Crippen molar-refractivity contribution in [2.45, 2.75) is 12.2 Å². The highest BCUT2D eigenvalue weighted by molar-refractivity contribution is 7.99. The van der Waals surface area contributed by atoms with E-state index < -0.39 is 0 Å². The van der Waals surface area contributed by atoms with Gasteiger partial charge < -0.3 is 0 Å². The van der Waals surface area contributed by atoms with Gasteiger partial charge in [0, 0.05) is 17.2 Å². The van der Waals surface area contributed by atoms with Crippen LogP contribution in [-0.2, 0) is 10.5 Å². The lowest BCUT2D eigenvalue weighted by Crippen LogP contribution is -2.02. The number of benzene rings is 1. The van der Waals surface area contributed by atoms with Crippen molar-refractivity contribution >= 4 is 37.1 Å². The lowest BCUT2D eigenvalue weighted by Gasteiger charge is -2.02. The molecular formula is C14H16ClOPS. The Morgan fingerprint density at radius 1 is 1.39 bits per heavy atom. The zero-order valence-electron chi connectivity index (χ0n) is 10.2. The lowest BCUT2D eigenvalue weighted by atomic mass is 10.2. The summed E-state index contributed by atoms with van der Waals surface area (Å²) in [6.45, 7) is 3.94. The second kappa shape index (κ2) is 6.75. The second-order valence-electron chi connectivity index (χ2n) is 4.40. The van der Waals surface area contributed by atoms with Crippen molar-refractivity contribution < 1.29 is 4.79 Å². The average Bonchev–Trinajstić information content (AvgIpc) is 3.05. The smallest absolute Gasteiger partial charge is 0.143 e. The summed E-state index contributed by atoms with van der Waals surface area (Å²) in [5, 5.41) is 2.14. The third-order valence-electron chi connectivity index (χ3n) is 2.82. The van der Waals surface area contributed by atoms with E-state index >= 15 is 0 Å². The SMILES string of the molecule is C=C1CP1CCC(=O)CSCc1ccc(Cl)cc1. The highest BCUT2D eigenvalue weighted by atomic mass is 35.5. The van der Waals surface area contributed by atoms with E-state index in [2.05, 4.69) is 6.58 Å². The number of carbonyl (C=O) groups excluding carboxylic acids is 1. The van der Waals surface area contributed by atoms with E-state index in [9.17, 15) is 4.79 Å². The van der Waals surface area contributed by atoms with E-state index in [-0.39, 0.29) is 7.92 Å². The summed E-state index contributed by atoms with van der Waals surface area (Å²) in [7, 11) is 0.0541. The Morgan fingerprint density at radius 2 is 2.06 bits per heavy atom. The predicted molar refractivity (Wildman–Crippen MR) is 83.0 cm³/mol. The Hall–Kier alpha value is -0.300. The quantitative estimate of drug-likeness (QED) is 0.687. The van der Waals surface area contributed by atoms with Gasteiger partial charge in [-0.3, -0.25) is 4.79 Å². The fourth-order valence-electron chi connectivity index (χ4n) is 1.62. The van der Waals surface area contributed by atoms with E-state index in [0.29, 0.717) is 11.5 Å². The highest BCUT2D eigenvalue weighted by Gasteiger charge is 2.26. The molecule has 1 aliphatic rings. The minimum Gasteiger partial charge on any atom is -0.299 e. The Bertz CT molecular complexity index is 444. The fourth-order valence-corrected chi connectivity index (χ4v) is 4.31. The van der Waals surface area contributed by atoms with Gasteiger partial charge in [-0.05, 0) is 35.3 Å². The van der Waals surface area contributed by atoms with Gasteiger partial charge in [-0.2, -0.15) is 0 Å². The Morgan fingerprint density at radius 3 is 2.67 bits per heavy atom. The molecule has 1 nitrogen and oxygen atoms in total. The molecule has 1 saturated heterocycles. The van der Waals surface area contributed by atoms with E-state index in [1.165, 1.54) is 17.0 Å². The zero-order valence-corrected chi connectivity index (χ0v) is 12.7. The summed E-state index contributed by atoms with van der Waals surface area (Å²) in [4.78, 5) is 11.7. The molecule has 96 valence electrons. The monoisotopic (exact) mass is 298 g/mol. The maximum Gasteiger partial charge on any atom is 0.143 e. The van der Waals surface area contributed by atoms with Gasteiger partial charge in [0.05, 0.1) is 5.75 Å². The molecule has 18 heavy (non-hydrogen) atoms. The summed E-state index contributed by atoms with van der Waals surface area (Å²) in [5.74, 6) is 1.87. The summed E-state index contributed by atoms with van der Waals surface area (Å²) in [6.07, 6.45) is 2.99. The number of thioether (sulfide) groups is 1. The van der Waals surface area contributed by atoms with Gasteiger partial charge in [0.15, 0.2) is 0 Å². The van der Waals surface area contributed by atoms with Gasteiger partial charge in [0.1, 0.15) is 5.78 Å². The fraction of sp³-hybridized carbons (Fsp3) is 0.357. The first kappa shape index (κ1) is 14.1. The first-order chi connectivity index (χ1) is 8.65. The Kier molecular flexibility index (Phi) is 5.29. The average molecular weight is 299 g/mol. The Balaban J connectivity index is 1.61. The number of hydrogen-bond acceptors (Lipinski definition) is 2. The molecule has 0 radical (unpaired) electrons. The van der Waals surface area contributed by atoms with Crippen molar-refractivity contribution in [2.75, 3.05) is 18.1 Å². The number of allylic oxidation sites excluding steroid dienone is 1. The van der Waals surface area contributed by atoms with Crippen molar-refractivity contribution in [1.82, 2.24) is 0 Å². The maximum atomic E-state index is 11.7. The van der Waals surface area contributed by atoms with E-state index in [4.69, 9.17) is 11.6 Å². The molecule has 1 unspecified atom stereocenters. The van der Waals surface area contributed by atoms with Crippen LogP contribution in [0, 0.1) is 0 Å². The number of hydrogen-bond donors (Lipinski definition) is 0. The van der Waals surface area contributed by atoms with Crippen LogP contribution in [-0.4, -0.2) is 23.9 Å². The van der Waals surface area contributed by atoms with Crippen LogP contribution in [0.2, 0.25) is 5.02 Å². The largest absolute Gasteiger partial charge is 0.299 e. The molecule has 1 aliphatic heterocycles. The summed E-state index contributed by atoms with van der Waals surface area (Å²) >= 11 is 7.50. The van der Waals surface area contributed by atoms with Gasteiger partial charge in [-0.15, -0.1) is 11.8 Å². The summed E-state index contributed by atoms with van der Waals surface area (Å²) < 4.78 is 0. The van der Waals surface area contributed by atoms with Crippen LogP contribution < -0.4 is 0 Å². The van der Waals surface area contributed by atoms with Gasteiger partial charge in [0.2, 0.25) is 0 Å². The number of ketones is 1. The summed E-state index contributed by atoms with van der Waals surface area (Å²) in [5.41, 5.74) is 1.22. The first-order valence-corrected chi connectivity index (χ1v) is 9.16. The van der Waals surface area contributed by atoms with Crippen molar-refractivity contribution in [3.8, 4) is 0 Å². The molecule has 1 heterocycles. The Labute approximate surface area is 119 Å². The number of halogens is 1. The van der Waals surface area contributed by atoms with Crippen molar-refractivity contribution in [3.63, 3.8) is 0 Å². The van der Waals surface area contributed by atoms with Crippen LogP contribution in [0.15, 0.2) is 36.2 Å². The molecule has 0 N–H and O–H groups in total. The molecule has 1 aromatic carbocycles. The van der Waals surface area contributed by atoms with Crippen LogP contribution in [0.4, 0.5) is 0 Å². The second-order valence-corrected chi connectivity index (χ2v) is 8.29. The molecule has 4 heteroatoms. The molecular weight excluding hydrogens is 283 g/mol. The molecule has 0 aromatic heterocycles. The third kappa shape index (κ3) is 4.76. The third-order valence-corrected chi connectivity index (χ3v) is 6.34. The molecule has 0 amide bonds. The van der Waals surface area contributed by atoms with E-state index in [0.717, 1.165) is 23.4 Å². The molecule has 1 fully saturated rings. The number of carbonyl (C=O) groups is 1. The lowest BCUT2D eigenvalue weighted by molar-refractivity contribution is -0.116. The van der Waals surface area contributed by atoms with Crippen molar-refractivity contribution in [2.24, 2.45) is 0 Å². The molecule has 0 spiro atoms. The molecule has 0 bridgehead atoms. The molecule has 0 aliphatic carbocycles. The van der Waals surface area contributed by atoms with Crippen LogP contribution in [0.25, 0.3) is 0 Å². The molecule has 0 saturated carbocycles. The number of Topliss-reactive ketones (excluding diaryl/α,β-unsaturated/α-hetero) is 1. The number of rotatable bonds is 7. The van der Waals surface area contributed by atoms with Gasteiger partial charge in [0.25, 0.3) is 0 Å². The van der Waals surface area contributed by atoms with Crippen LogP contribution in [0.3, 0.4) is 0 Å². The summed E-state index contributed by atoms with van der Waals surface area (Å²) in [6, 6.07) is 7.80. The minimum atomic E-state index is 0.0541. The van der Waals surface area contributed by atoms with Crippen molar-refractivity contribution in [3.05, 3.63) is 46.7 Å². The van der Waals surface area contributed by atoms with Crippen molar-refractivity contribution in [1.29, 1.82) is 0 Å². The van der Waals surface area contributed by atoms with Crippen LogP contribution in [0.1, 0.15) is 12.0 Å².